The largest absolute Gasteiger partial charge is 0.383 e. The second-order valence-electron chi connectivity index (χ2n) is 4.41. The molecule has 0 spiro atoms. The van der Waals surface area contributed by atoms with Crippen molar-refractivity contribution in [3.8, 4) is 0 Å². The molecule has 0 aliphatic heterocycles. The average Bonchev–Trinajstić information content (AvgIpc) is 3.02. The molecule has 0 saturated heterocycles. The molecule has 0 amide bonds. The zero-order valence-corrected chi connectivity index (χ0v) is 9.75. The summed E-state index contributed by atoms with van der Waals surface area (Å²) >= 11 is 0. The topological polar surface area (TPSA) is 38.5 Å². The highest BCUT2D eigenvalue weighted by Gasteiger charge is 2.43. The Morgan fingerprint density at radius 3 is 2.50 bits per heavy atom. The molecule has 0 aromatic carbocycles. The molecule has 84 valence electrons. The van der Waals surface area contributed by atoms with Gasteiger partial charge in [0.15, 0.2) is 0 Å². The molecule has 0 aromatic heterocycles. The molecule has 1 fully saturated rings. The van der Waals surface area contributed by atoms with Crippen LogP contribution in [0.2, 0.25) is 0 Å². The zero-order valence-electron chi connectivity index (χ0n) is 9.75. The van der Waals surface area contributed by atoms with E-state index in [4.69, 9.17) is 10.5 Å². The van der Waals surface area contributed by atoms with Crippen LogP contribution in [0.25, 0.3) is 0 Å². The number of nitrogens with zero attached hydrogens (tertiary/aromatic N) is 1. The molecule has 2 N–H and O–H groups in total. The van der Waals surface area contributed by atoms with Crippen molar-refractivity contribution < 1.29 is 4.74 Å². The summed E-state index contributed by atoms with van der Waals surface area (Å²) in [6.07, 6.45) is 2.69. The Morgan fingerprint density at radius 2 is 2.14 bits per heavy atom. The first kappa shape index (κ1) is 12.0. The third-order valence-electron chi connectivity index (χ3n) is 3.54. The fourth-order valence-electron chi connectivity index (χ4n) is 2.24. The first-order valence-corrected chi connectivity index (χ1v) is 5.63. The minimum atomic E-state index is 0.202. The van der Waals surface area contributed by atoms with Crippen LogP contribution in [0.3, 0.4) is 0 Å². The van der Waals surface area contributed by atoms with Crippen molar-refractivity contribution in [1.29, 1.82) is 0 Å². The van der Waals surface area contributed by atoms with Crippen LogP contribution in [0.5, 0.6) is 0 Å². The molecule has 1 aliphatic carbocycles. The van der Waals surface area contributed by atoms with Crippen LogP contribution in [-0.2, 0) is 4.74 Å². The van der Waals surface area contributed by atoms with Gasteiger partial charge in [-0.3, -0.25) is 4.90 Å². The normalized spacial score (nSPS) is 21.2. The van der Waals surface area contributed by atoms with E-state index in [1.54, 1.807) is 7.11 Å². The molecule has 0 heterocycles. The maximum absolute atomic E-state index is 5.91. The van der Waals surface area contributed by atoms with Gasteiger partial charge in [-0.1, -0.05) is 6.92 Å². The Morgan fingerprint density at radius 1 is 1.50 bits per heavy atom. The van der Waals surface area contributed by atoms with E-state index in [2.05, 4.69) is 18.7 Å². The van der Waals surface area contributed by atoms with Crippen molar-refractivity contribution in [3.63, 3.8) is 0 Å². The Balaban J connectivity index is 2.53. The lowest BCUT2D eigenvalue weighted by Crippen LogP contribution is -2.54. The fourth-order valence-corrected chi connectivity index (χ4v) is 2.24. The lowest BCUT2D eigenvalue weighted by Gasteiger charge is -2.40. The van der Waals surface area contributed by atoms with Gasteiger partial charge in [0.05, 0.1) is 6.61 Å². The monoisotopic (exact) mass is 200 g/mol. The Bertz CT molecular complexity index is 171. The molecular weight excluding hydrogens is 176 g/mol. The summed E-state index contributed by atoms with van der Waals surface area (Å²) in [5.41, 5.74) is 6.12. The van der Waals surface area contributed by atoms with E-state index in [9.17, 15) is 0 Å². The van der Waals surface area contributed by atoms with Crippen molar-refractivity contribution in [1.82, 2.24) is 4.90 Å². The zero-order chi connectivity index (χ0) is 10.6. The second kappa shape index (κ2) is 5.10. The Labute approximate surface area is 87.6 Å². The Hall–Kier alpha value is -0.120. The van der Waals surface area contributed by atoms with Gasteiger partial charge in [-0.05, 0) is 32.2 Å². The van der Waals surface area contributed by atoms with Gasteiger partial charge in [0.2, 0.25) is 0 Å². The second-order valence-corrected chi connectivity index (χ2v) is 4.41. The van der Waals surface area contributed by atoms with Gasteiger partial charge in [0.1, 0.15) is 0 Å². The number of nitrogens with two attached hydrogens (primary N) is 1. The molecule has 0 aromatic rings. The van der Waals surface area contributed by atoms with Crippen LogP contribution in [0.1, 0.15) is 26.7 Å². The van der Waals surface area contributed by atoms with Crippen molar-refractivity contribution in [2.75, 3.05) is 33.4 Å². The summed E-state index contributed by atoms with van der Waals surface area (Å²) in [6.45, 7) is 8.12. The van der Waals surface area contributed by atoms with Crippen LogP contribution in [0, 0.1) is 5.92 Å². The molecule has 0 bridgehead atoms. The van der Waals surface area contributed by atoms with E-state index in [1.165, 1.54) is 12.8 Å². The van der Waals surface area contributed by atoms with Crippen LogP contribution in [-0.4, -0.2) is 43.8 Å². The number of hydrogen-bond acceptors (Lipinski definition) is 3. The quantitative estimate of drug-likeness (QED) is 0.668. The fraction of sp³-hybridized carbons (Fsp3) is 1.00. The standard InChI is InChI=1S/C11H24N2O/c1-4-13(7-8-14-3)11(2,9-12)10-5-6-10/h10H,4-9,12H2,1-3H3. The summed E-state index contributed by atoms with van der Waals surface area (Å²) in [6, 6.07) is 0. The van der Waals surface area contributed by atoms with Crippen LogP contribution >= 0.6 is 0 Å². The Kier molecular flexibility index (Phi) is 4.35. The highest BCUT2D eigenvalue weighted by atomic mass is 16.5. The highest BCUT2D eigenvalue weighted by molar-refractivity contribution is 4.99. The summed E-state index contributed by atoms with van der Waals surface area (Å²) in [5.74, 6) is 0.810. The first-order chi connectivity index (χ1) is 6.69. The van der Waals surface area contributed by atoms with Gasteiger partial charge >= 0.3 is 0 Å². The molecule has 0 radical (unpaired) electrons. The number of ether oxygens (including phenoxy) is 1. The lowest BCUT2D eigenvalue weighted by atomic mass is 9.93. The molecule has 1 rings (SSSR count). The maximum Gasteiger partial charge on any atom is 0.0589 e. The third-order valence-corrected chi connectivity index (χ3v) is 3.54. The molecule has 1 atom stereocenters. The SMILES string of the molecule is CCN(CCOC)C(C)(CN)C1CC1. The smallest absolute Gasteiger partial charge is 0.0589 e. The third kappa shape index (κ3) is 2.47. The molecule has 3 nitrogen and oxygen atoms in total. The van der Waals surface area contributed by atoms with Gasteiger partial charge in [-0.25, -0.2) is 0 Å². The number of likely N-dealkylation sites (N-methyl/N-ethyl adjacent to an activating group) is 1. The molecule has 14 heavy (non-hydrogen) atoms. The predicted octanol–water partition coefficient (Wildman–Crippen LogP) is 1.08. The van der Waals surface area contributed by atoms with E-state index in [1.807, 2.05) is 0 Å². The molecular formula is C11H24N2O. The molecule has 1 aliphatic rings. The summed E-state index contributed by atoms with van der Waals surface area (Å²) in [4.78, 5) is 2.47. The molecule has 1 unspecified atom stereocenters. The van der Waals surface area contributed by atoms with E-state index in [0.717, 1.165) is 32.2 Å². The van der Waals surface area contributed by atoms with Crippen LogP contribution in [0.4, 0.5) is 0 Å². The van der Waals surface area contributed by atoms with E-state index in [-0.39, 0.29) is 5.54 Å². The number of methoxy groups -OCH3 is 1. The van der Waals surface area contributed by atoms with Gasteiger partial charge in [0.25, 0.3) is 0 Å². The minimum Gasteiger partial charge on any atom is -0.383 e. The highest BCUT2D eigenvalue weighted by Crippen LogP contribution is 2.42. The summed E-state index contributed by atoms with van der Waals surface area (Å²) in [7, 11) is 1.75. The van der Waals surface area contributed by atoms with E-state index >= 15 is 0 Å². The van der Waals surface area contributed by atoms with Crippen molar-refractivity contribution in [2.24, 2.45) is 11.7 Å². The number of rotatable bonds is 7. The van der Waals surface area contributed by atoms with Crippen molar-refractivity contribution in [3.05, 3.63) is 0 Å². The van der Waals surface area contributed by atoms with E-state index < -0.39 is 0 Å². The predicted molar refractivity (Wildman–Crippen MR) is 59.3 cm³/mol. The molecule has 3 heteroatoms. The van der Waals surface area contributed by atoms with Crippen LogP contribution in [0.15, 0.2) is 0 Å². The maximum atomic E-state index is 5.91. The van der Waals surface area contributed by atoms with Gasteiger partial charge in [-0.15, -0.1) is 0 Å². The van der Waals surface area contributed by atoms with E-state index in [0.29, 0.717) is 0 Å². The first-order valence-electron chi connectivity index (χ1n) is 5.63. The van der Waals surface area contributed by atoms with Crippen molar-refractivity contribution in [2.45, 2.75) is 32.2 Å². The van der Waals surface area contributed by atoms with Crippen LogP contribution < -0.4 is 5.73 Å². The number of hydrogen-bond donors (Lipinski definition) is 1. The van der Waals surface area contributed by atoms with Gasteiger partial charge in [-0.2, -0.15) is 0 Å². The summed E-state index contributed by atoms with van der Waals surface area (Å²) < 4.78 is 5.13. The minimum absolute atomic E-state index is 0.202. The van der Waals surface area contributed by atoms with Crippen molar-refractivity contribution >= 4 is 0 Å². The molecule has 1 saturated carbocycles. The van der Waals surface area contributed by atoms with Gasteiger partial charge in [0, 0.05) is 25.7 Å². The average molecular weight is 200 g/mol. The van der Waals surface area contributed by atoms with Gasteiger partial charge < -0.3 is 10.5 Å². The summed E-state index contributed by atoms with van der Waals surface area (Å²) in [5, 5.41) is 0. The lowest BCUT2D eigenvalue weighted by molar-refractivity contribution is 0.0612.